The van der Waals surface area contributed by atoms with E-state index in [2.05, 4.69) is 34.5 Å². The van der Waals surface area contributed by atoms with Crippen LogP contribution in [0.1, 0.15) is 57.2 Å². The molecule has 0 unspecified atom stereocenters. The minimum absolute atomic E-state index is 0.154. The summed E-state index contributed by atoms with van der Waals surface area (Å²) in [5.74, 6) is 3.28. The van der Waals surface area contributed by atoms with E-state index < -0.39 is 6.04 Å². The lowest BCUT2D eigenvalue weighted by atomic mass is 10.1. The highest BCUT2D eigenvalue weighted by Gasteiger charge is 2.24. The first-order valence-corrected chi connectivity index (χ1v) is 11.9. The summed E-state index contributed by atoms with van der Waals surface area (Å²) in [6, 6.07) is 17.2. The van der Waals surface area contributed by atoms with Gasteiger partial charge in [0.15, 0.2) is 5.82 Å². The predicted octanol–water partition coefficient (Wildman–Crippen LogP) is 5.02. The van der Waals surface area contributed by atoms with E-state index in [1.54, 1.807) is 0 Å². The van der Waals surface area contributed by atoms with Crippen molar-refractivity contribution in [3.63, 3.8) is 0 Å². The molecule has 4 rings (SSSR count). The molecule has 1 saturated heterocycles. The maximum absolute atomic E-state index is 13.0. The van der Waals surface area contributed by atoms with E-state index in [1.165, 1.54) is 17.1 Å². The van der Waals surface area contributed by atoms with Gasteiger partial charge >= 0.3 is 0 Å². The monoisotopic (exact) mass is 425 g/mol. The first-order chi connectivity index (χ1) is 14.2. The van der Waals surface area contributed by atoms with Crippen LogP contribution in [0, 0.1) is 0 Å². The van der Waals surface area contributed by atoms with Crippen LogP contribution in [0.2, 0.25) is 0 Å². The lowest BCUT2D eigenvalue weighted by molar-refractivity contribution is 0.0941. The number of aryl methyl sites for hydroxylation is 1. The lowest BCUT2D eigenvalue weighted by Gasteiger charge is -2.16. The Morgan fingerprint density at radius 1 is 1.14 bits per heavy atom. The Labute approximate surface area is 179 Å². The van der Waals surface area contributed by atoms with Gasteiger partial charge in [-0.2, -0.15) is 4.98 Å². The quantitative estimate of drug-likeness (QED) is 0.573. The molecular weight excluding hydrogens is 402 g/mol. The fraction of sp³-hybridized carbons (Fsp3) is 0.318. The maximum Gasteiger partial charge on any atom is 0.252 e. The summed E-state index contributed by atoms with van der Waals surface area (Å²) >= 11 is 3.91. The van der Waals surface area contributed by atoms with Gasteiger partial charge in [-0.25, -0.2) is 0 Å². The van der Waals surface area contributed by atoms with Crippen LogP contribution in [0.15, 0.2) is 59.1 Å². The third-order valence-corrected chi connectivity index (χ3v) is 7.79. The molecule has 1 amide bonds. The zero-order chi connectivity index (χ0) is 20.1. The largest absolute Gasteiger partial charge is 0.339 e. The van der Waals surface area contributed by atoms with Gasteiger partial charge in [-0.15, -0.1) is 23.5 Å². The number of benzene rings is 2. The molecule has 1 aliphatic heterocycles. The number of nitrogens with zero attached hydrogens (tertiary/aromatic N) is 2. The molecule has 7 heteroatoms. The number of amides is 1. The van der Waals surface area contributed by atoms with E-state index in [9.17, 15) is 4.79 Å². The van der Waals surface area contributed by atoms with Crippen molar-refractivity contribution in [2.75, 3.05) is 11.5 Å². The van der Waals surface area contributed by atoms with Crippen LogP contribution in [-0.4, -0.2) is 27.6 Å². The van der Waals surface area contributed by atoms with Crippen molar-refractivity contribution in [1.82, 2.24) is 15.5 Å². The second kappa shape index (κ2) is 9.50. The smallest absolute Gasteiger partial charge is 0.252 e. The van der Waals surface area contributed by atoms with E-state index in [0.717, 1.165) is 18.4 Å². The Hall–Kier alpha value is -2.25. The highest BCUT2D eigenvalue weighted by atomic mass is 32.2. The van der Waals surface area contributed by atoms with Crippen molar-refractivity contribution in [2.45, 2.75) is 30.4 Å². The normalized spacial score (nSPS) is 15.3. The third kappa shape index (κ3) is 4.85. The molecule has 1 N–H and O–H groups in total. The fourth-order valence-electron chi connectivity index (χ4n) is 3.20. The molecule has 5 nitrogen and oxygen atoms in total. The zero-order valence-corrected chi connectivity index (χ0v) is 17.8. The maximum atomic E-state index is 13.0. The first kappa shape index (κ1) is 20.0. The average Bonchev–Trinajstić information content (AvgIpc) is 3.45. The molecule has 1 fully saturated rings. The van der Waals surface area contributed by atoms with E-state index in [1.807, 2.05) is 66.0 Å². The van der Waals surface area contributed by atoms with Crippen LogP contribution < -0.4 is 5.32 Å². The molecule has 1 atom stereocenters. The minimum Gasteiger partial charge on any atom is -0.339 e. The Morgan fingerprint density at radius 3 is 2.55 bits per heavy atom. The van der Waals surface area contributed by atoms with Gasteiger partial charge in [-0.1, -0.05) is 54.5 Å². The molecule has 1 aliphatic rings. The Kier molecular flexibility index (Phi) is 6.56. The molecule has 150 valence electrons. The van der Waals surface area contributed by atoms with Gasteiger partial charge in [-0.3, -0.25) is 4.79 Å². The molecule has 0 saturated carbocycles. The molecular formula is C22H23N3O2S2. The molecule has 0 aliphatic carbocycles. The molecule has 1 aromatic heterocycles. The van der Waals surface area contributed by atoms with Crippen molar-refractivity contribution < 1.29 is 9.32 Å². The molecule has 2 aromatic carbocycles. The standard InChI is InChI=1S/C22H23N3O2S2/c1-2-6-18-23-20(25-27-18)19(15-7-4-3-5-8-15)24-21(26)16-9-11-17(12-10-16)22-28-13-14-29-22/h3-5,7-12,19,22H,2,6,13-14H2,1H3,(H,24,26)/t19-/m1/s1. The minimum atomic E-state index is -0.460. The summed E-state index contributed by atoms with van der Waals surface area (Å²) in [7, 11) is 0. The van der Waals surface area contributed by atoms with Crippen LogP contribution >= 0.6 is 23.5 Å². The molecule has 0 bridgehead atoms. The summed E-state index contributed by atoms with van der Waals surface area (Å²) in [6.07, 6.45) is 1.65. The lowest BCUT2D eigenvalue weighted by Crippen LogP contribution is -2.30. The van der Waals surface area contributed by atoms with Gasteiger partial charge in [0, 0.05) is 23.5 Å². The van der Waals surface area contributed by atoms with Gasteiger partial charge in [0.1, 0.15) is 6.04 Å². The van der Waals surface area contributed by atoms with Crippen molar-refractivity contribution in [3.8, 4) is 0 Å². The number of carbonyl (C=O) groups is 1. The summed E-state index contributed by atoms with van der Waals surface area (Å²) < 4.78 is 5.82. The van der Waals surface area contributed by atoms with Gasteiger partial charge in [0.25, 0.3) is 5.91 Å². The number of rotatable bonds is 7. The predicted molar refractivity (Wildman–Crippen MR) is 118 cm³/mol. The summed E-state index contributed by atoms with van der Waals surface area (Å²) in [4.78, 5) is 17.5. The first-order valence-electron chi connectivity index (χ1n) is 9.76. The zero-order valence-electron chi connectivity index (χ0n) is 16.2. The van der Waals surface area contributed by atoms with Crippen LogP contribution in [-0.2, 0) is 6.42 Å². The highest BCUT2D eigenvalue weighted by molar-refractivity contribution is 8.19. The molecule has 0 radical (unpaired) electrons. The molecule has 29 heavy (non-hydrogen) atoms. The average molecular weight is 426 g/mol. The molecule has 0 spiro atoms. The number of thioether (sulfide) groups is 2. The number of nitrogens with one attached hydrogen (secondary N) is 1. The van der Waals surface area contributed by atoms with Crippen LogP contribution in [0.4, 0.5) is 0 Å². The van der Waals surface area contributed by atoms with Crippen LogP contribution in [0.5, 0.6) is 0 Å². The van der Waals surface area contributed by atoms with Crippen molar-refractivity contribution in [3.05, 3.63) is 83.0 Å². The third-order valence-electron chi connectivity index (χ3n) is 4.68. The number of hydrogen-bond donors (Lipinski definition) is 1. The fourth-order valence-corrected chi connectivity index (χ4v) is 6.06. The van der Waals surface area contributed by atoms with Crippen molar-refractivity contribution >= 4 is 29.4 Å². The second-order valence-electron chi connectivity index (χ2n) is 6.81. The highest BCUT2D eigenvalue weighted by Crippen LogP contribution is 2.45. The summed E-state index contributed by atoms with van der Waals surface area (Å²) in [5.41, 5.74) is 2.80. The molecule has 3 aromatic rings. The van der Waals surface area contributed by atoms with Gasteiger partial charge in [-0.05, 0) is 29.7 Å². The van der Waals surface area contributed by atoms with Crippen molar-refractivity contribution in [2.24, 2.45) is 0 Å². The Morgan fingerprint density at radius 2 is 1.86 bits per heavy atom. The van der Waals surface area contributed by atoms with E-state index in [-0.39, 0.29) is 5.91 Å². The number of aromatic nitrogens is 2. The van der Waals surface area contributed by atoms with Gasteiger partial charge in [0.05, 0.1) is 4.58 Å². The van der Waals surface area contributed by atoms with E-state index >= 15 is 0 Å². The summed E-state index contributed by atoms with van der Waals surface area (Å²) in [6.45, 7) is 2.06. The van der Waals surface area contributed by atoms with Crippen molar-refractivity contribution in [1.29, 1.82) is 0 Å². The Bertz CT molecular complexity index is 938. The SMILES string of the molecule is CCCc1nc([C@H](NC(=O)c2ccc(C3SCCS3)cc2)c2ccccc2)no1. The van der Waals surface area contributed by atoms with E-state index in [4.69, 9.17) is 4.52 Å². The van der Waals surface area contributed by atoms with Crippen LogP contribution in [0.3, 0.4) is 0 Å². The topological polar surface area (TPSA) is 68.0 Å². The second-order valence-corrected chi connectivity index (χ2v) is 9.53. The van der Waals surface area contributed by atoms with Gasteiger partial charge in [0.2, 0.25) is 5.89 Å². The van der Waals surface area contributed by atoms with Crippen LogP contribution in [0.25, 0.3) is 0 Å². The Balaban J connectivity index is 1.54. The van der Waals surface area contributed by atoms with E-state index in [0.29, 0.717) is 21.9 Å². The summed E-state index contributed by atoms with van der Waals surface area (Å²) in [5, 5.41) is 7.19. The van der Waals surface area contributed by atoms with Gasteiger partial charge < -0.3 is 9.84 Å². The number of hydrogen-bond acceptors (Lipinski definition) is 6. The molecule has 2 heterocycles. The number of carbonyl (C=O) groups excluding carboxylic acids is 1.